The normalized spacial score (nSPS) is 10.3. The van der Waals surface area contributed by atoms with Crippen molar-refractivity contribution in [3.8, 4) is 0 Å². The van der Waals surface area contributed by atoms with Crippen LogP contribution in [0.4, 0.5) is 20.4 Å². The Morgan fingerprint density at radius 2 is 2.00 bits per heavy atom. The number of anilines is 2. The molecule has 1 heterocycles. The zero-order valence-corrected chi connectivity index (χ0v) is 8.92. The van der Waals surface area contributed by atoms with E-state index in [1.54, 1.807) is 6.07 Å². The third-order valence-corrected chi connectivity index (χ3v) is 2.16. The number of nitrogens with zero attached hydrogens (tertiary/aromatic N) is 1. The molecule has 0 spiro atoms. The molecule has 0 aliphatic rings. The van der Waals surface area contributed by atoms with Gasteiger partial charge in [-0.05, 0) is 19.1 Å². The van der Waals surface area contributed by atoms with E-state index in [0.717, 1.165) is 0 Å². The fraction of sp³-hybridized carbons (Fsp3) is 0.0909. The first kappa shape index (κ1) is 11.3. The number of H-pyrrole nitrogens is 1. The molecule has 0 bridgehead atoms. The lowest BCUT2D eigenvalue weighted by Gasteiger charge is -2.06. The van der Waals surface area contributed by atoms with Gasteiger partial charge in [0.1, 0.15) is 5.82 Å². The van der Waals surface area contributed by atoms with E-state index in [2.05, 4.69) is 15.3 Å². The summed E-state index contributed by atoms with van der Waals surface area (Å²) < 4.78 is 26.3. The highest BCUT2D eigenvalue weighted by Crippen LogP contribution is 2.16. The molecule has 2 N–H and O–H groups in total. The fourth-order valence-corrected chi connectivity index (χ4v) is 1.32. The van der Waals surface area contributed by atoms with Crippen molar-refractivity contribution >= 4 is 11.6 Å². The van der Waals surface area contributed by atoms with Gasteiger partial charge in [0.15, 0.2) is 0 Å². The van der Waals surface area contributed by atoms with E-state index in [1.165, 1.54) is 25.1 Å². The van der Waals surface area contributed by atoms with Crippen LogP contribution in [-0.4, -0.2) is 9.97 Å². The summed E-state index contributed by atoms with van der Waals surface area (Å²) in [6.45, 7) is 1.36. The SMILES string of the molecule is Cc1nc(Nc2ccccc2F)[nH]c(=O)c1F. The van der Waals surface area contributed by atoms with Crippen LogP contribution in [0, 0.1) is 18.6 Å². The Bertz CT molecular complexity index is 610. The molecule has 0 amide bonds. The summed E-state index contributed by atoms with van der Waals surface area (Å²) in [5.74, 6) is -1.43. The summed E-state index contributed by atoms with van der Waals surface area (Å²) >= 11 is 0. The zero-order valence-electron chi connectivity index (χ0n) is 8.92. The average molecular weight is 237 g/mol. The molecule has 0 atom stereocenters. The standard InChI is InChI=1S/C11H9F2N3O/c1-6-9(13)10(17)16-11(14-6)15-8-5-3-2-4-7(8)12/h2-5H,1H3,(H2,14,15,16,17). The van der Waals surface area contributed by atoms with Crippen LogP contribution in [0.2, 0.25) is 0 Å². The van der Waals surface area contributed by atoms with Crippen molar-refractivity contribution in [3.63, 3.8) is 0 Å². The van der Waals surface area contributed by atoms with Crippen LogP contribution in [-0.2, 0) is 0 Å². The molecule has 2 rings (SSSR count). The minimum Gasteiger partial charge on any atom is -0.323 e. The lowest BCUT2D eigenvalue weighted by atomic mass is 10.3. The van der Waals surface area contributed by atoms with E-state index in [4.69, 9.17) is 0 Å². The number of nitrogens with one attached hydrogen (secondary N) is 2. The van der Waals surface area contributed by atoms with Crippen molar-refractivity contribution in [1.29, 1.82) is 0 Å². The summed E-state index contributed by atoms with van der Waals surface area (Å²) in [6, 6.07) is 5.90. The third kappa shape index (κ3) is 2.30. The smallest absolute Gasteiger partial charge is 0.288 e. The average Bonchev–Trinajstić information content (AvgIpc) is 2.29. The largest absolute Gasteiger partial charge is 0.323 e. The topological polar surface area (TPSA) is 57.8 Å². The van der Waals surface area contributed by atoms with Crippen molar-refractivity contribution in [2.45, 2.75) is 6.92 Å². The molecule has 0 saturated heterocycles. The number of aromatic amines is 1. The van der Waals surface area contributed by atoms with Gasteiger partial charge in [0.05, 0.1) is 11.4 Å². The molecule has 1 aromatic carbocycles. The van der Waals surface area contributed by atoms with Crippen LogP contribution < -0.4 is 10.9 Å². The van der Waals surface area contributed by atoms with E-state index in [1.807, 2.05) is 0 Å². The van der Waals surface area contributed by atoms with Gasteiger partial charge in [-0.1, -0.05) is 12.1 Å². The van der Waals surface area contributed by atoms with Crippen molar-refractivity contribution in [3.05, 3.63) is 51.9 Å². The van der Waals surface area contributed by atoms with Gasteiger partial charge in [-0.15, -0.1) is 0 Å². The van der Waals surface area contributed by atoms with Crippen LogP contribution in [0.25, 0.3) is 0 Å². The van der Waals surface area contributed by atoms with E-state index >= 15 is 0 Å². The van der Waals surface area contributed by atoms with Crippen LogP contribution in [0.3, 0.4) is 0 Å². The quantitative estimate of drug-likeness (QED) is 0.840. The van der Waals surface area contributed by atoms with E-state index in [9.17, 15) is 13.6 Å². The number of rotatable bonds is 2. The highest BCUT2D eigenvalue weighted by atomic mass is 19.1. The number of hydrogen-bond donors (Lipinski definition) is 2. The summed E-state index contributed by atoms with van der Waals surface area (Å²) in [5, 5.41) is 2.57. The van der Waals surface area contributed by atoms with Gasteiger partial charge in [-0.25, -0.2) is 9.37 Å². The Labute approximate surface area is 95.3 Å². The lowest BCUT2D eigenvalue weighted by Crippen LogP contribution is -2.16. The molecule has 0 saturated carbocycles. The van der Waals surface area contributed by atoms with E-state index in [-0.39, 0.29) is 17.3 Å². The highest BCUT2D eigenvalue weighted by molar-refractivity contribution is 5.53. The monoisotopic (exact) mass is 237 g/mol. The fourth-order valence-electron chi connectivity index (χ4n) is 1.32. The van der Waals surface area contributed by atoms with Crippen LogP contribution >= 0.6 is 0 Å². The number of aryl methyl sites for hydroxylation is 1. The maximum Gasteiger partial charge on any atom is 0.288 e. The van der Waals surface area contributed by atoms with Gasteiger partial charge in [0.2, 0.25) is 11.8 Å². The number of aromatic nitrogens is 2. The maximum absolute atomic E-state index is 13.3. The van der Waals surface area contributed by atoms with Gasteiger partial charge in [-0.3, -0.25) is 9.78 Å². The zero-order chi connectivity index (χ0) is 12.4. The van der Waals surface area contributed by atoms with Crippen LogP contribution in [0.15, 0.2) is 29.1 Å². The minimum absolute atomic E-state index is 0.000926. The van der Waals surface area contributed by atoms with Crippen LogP contribution in [0.1, 0.15) is 5.69 Å². The first-order valence-electron chi connectivity index (χ1n) is 4.86. The van der Waals surface area contributed by atoms with Crippen molar-refractivity contribution in [2.24, 2.45) is 0 Å². The summed E-state index contributed by atoms with van der Waals surface area (Å²) in [5.41, 5.74) is -0.786. The van der Waals surface area contributed by atoms with E-state index < -0.39 is 17.2 Å². The van der Waals surface area contributed by atoms with Crippen molar-refractivity contribution < 1.29 is 8.78 Å². The molecular formula is C11H9F2N3O. The second-order valence-electron chi connectivity index (χ2n) is 3.42. The van der Waals surface area contributed by atoms with E-state index in [0.29, 0.717) is 0 Å². The van der Waals surface area contributed by atoms with Crippen molar-refractivity contribution in [2.75, 3.05) is 5.32 Å². The predicted octanol–water partition coefficient (Wildman–Crippen LogP) is 2.10. The first-order chi connectivity index (χ1) is 8.08. The van der Waals surface area contributed by atoms with Gasteiger partial charge >= 0.3 is 0 Å². The second-order valence-corrected chi connectivity index (χ2v) is 3.42. The molecule has 0 aliphatic heterocycles. The van der Waals surface area contributed by atoms with Crippen molar-refractivity contribution in [1.82, 2.24) is 9.97 Å². The van der Waals surface area contributed by atoms with Gasteiger partial charge in [0, 0.05) is 0 Å². The Kier molecular flexibility index (Phi) is 2.86. The Balaban J connectivity index is 2.38. The highest BCUT2D eigenvalue weighted by Gasteiger charge is 2.08. The van der Waals surface area contributed by atoms with Gasteiger partial charge in [-0.2, -0.15) is 4.39 Å². The summed E-state index contributed by atoms with van der Waals surface area (Å²) in [7, 11) is 0. The summed E-state index contributed by atoms with van der Waals surface area (Å²) in [4.78, 5) is 17.1. The Morgan fingerprint density at radius 1 is 1.29 bits per heavy atom. The minimum atomic E-state index is -0.941. The molecule has 0 radical (unpaired) electrons. The molecule has 1 aromatic heterocycles. The summed E-state index contributed by atoms with van der Waals surface area (Å²) in [6.07, 6.45) is 0. The molecule has 2 aromatic rings. The molecule has 0 unspecified atom stereocenters. The number of hydrogen-bond acceptors (Lipinski definition) is 3. The molecule has 88 valence electrons. The third-order valence-electron chi connectivity index (χ3n) is 2.16. The molecule has 4 nitrogen and oxygen atoms in total. The number of halogens is 2. The number of para-hydroxylation sites is 1. The van der Waals surface area contributed by atoms with Crippen LogP contribution in [0.5, 0.6) is 0 Å². The maximum atomic E-state index is 13.3. The first-order valence-corrected chi connectivity index (χ1v) is 4.86. The molecule has 17 heavy (non-hydrogen) atoms. The molecule has 0 fully saturated rings. The lowest BCUT2D eigenvalue weighted by molar-refractivity contribution is 0.589. The Morgan fingerprint density at radius 3 is 2.65 bits per heavy atom. The molecular weight excluding hydrogens is 228 g/mol. The predicted molar refractivity (Wildman–Crippen MR) is 59.2 cm³/mol. The van der Waals surface area contributed by atoms with Gasteiger partial charge < -0.3 is 5.32 Å². The molecule has 6 heteroatoms. The number of benzene rings is 1. The Hall–Kier alpha value is -2.24. The second kappa shape index (κ2) is 4.32. The van der Waals surface area contributed by atoms with Gasteiger partial charge in [0.25, 0.3) is 5.56 Å². The molecule has 0 aliphatic carbocycles.